The second kappa shape index (κ2) is 13.7. The van der Waals surface area contributed by atoms with Crippen LogP contribution in [0, 0.1) is 5.92 Å². The Kier molecular flexibility index (Phi) is 8.38. The molecule has 4 heteroatoms. The largest absolute Gasteiger partial charge is 0.321 e. The smallest absolute Gasteiger partial charge is 0.144 e. The molecule has 3 atom stereocenters. The number of nitrogens with zero attached hydrogens (tertiary/aromatic N) is 4. The number of hydrogen-bond acceptors (Lipinski definition) is 3. The van der Waals surface area contributed by atoms with E-state index >= 15 is 0 Å². The lowest BCUT2D eigenvalue weighted by Gasteiger charge is -2.41. The average Bonchev–Trinajstić information content (AvgIpc) is 3.85. The summed E-state index contributed by atoms with van der Waals surface area (Å²) in [4.78, 5) is 10.4. The molecular formula is C55H52N4. The number of rotatable bonds is 7. The quantitative estimate of drug-likeness (QED) is 0.151. The molecule has 6 aromatic rings. The van der Waals surface area contributed by atoms with Crippen LogP contribution in [0.15, 0.2) is 151 Å². The van der Waals surface area contributed by atoms with Crippen LogP contribution in [0.3, 0.4) is 0 Å². The molecule has 0 amide bonds. The number of para-hydroxylation sites is 2. The number of fused-ring (bicyclic) bond motifs is 11. The van der Waals surface area contributed by atoms with Crippen LogP contribution in [0.25, 0.3) is 45.2 Å². The molecule has 4 heterocycles. The predicted octanol–water partition coefficient (Wildman–Crippen LogP) is 13.7. The molecule has 0 fully saturated rings. The lowest BCUT2D eigenvalue weighted by atomic mass is 9.76. The van der Waals surface area contributed by atoms with Gasteiger partial charge in [0.15, 0.2) is 0 Å². The zero-order valence-electron chi connectivity index (χ0n) is 35.1. The number of anilines is 1. The number of benzene rings is 5. The van der Waals surface area contributed by atoms with Crippen LogP contribution in [0.1, 0.15) is 111 Å². The summed E-state index contributed by atoms with van der Waals surface area (Å²) in [5.41, 5.74) is 23.1. The molecule has 4 nitrogen and oxygen atoms in total. The van der Waals surface area contributed by atoms with Gasteiger partial charge in [-0.25, -0.2) is 4.98 Å². The van der Waals surface area contributed by atoms with Gasteiger partial charge in [-0.1, -0.05) is 168 Å². The van der Waals surface area contributed by atoms with Gasteiger partial charge in [-0.15, -0.1) is 0 Å². The molecule has 0 N–H and O–H groups in total. The molecule has 5 aromatic carbocycles. The fourth-order valence-corrected chi connectivity index (χ4v) is 10.9. The highest BCUT2D eigenvalue weighted by atomic mass is 15.4. The monoisotopic (exact) mass is 768 g/mol. The molecule has 0 radical (unpaired) electrons. The summed E-state index contributed by atoms with van der Waals surface area (Å²) in [6.45, 7) is 14.0. The standard InChI is InChI=1S/C55H52N4/c1-33(2)40-22-14-23-41(34(3)4)52(40)57-28-27-56-55(57)49-21-12-7-16-42(49)39-31-37(32-39)30-38-15-13-24-46-44-18-9-11-20-48(44)54-53-47-19-10-8-17-43(47)45-26-25-35(5)29-50(45)58(53)36(6)59(54)51(38)46/h7-28,31,33-36,39H,29-30,32H2,1-6H3. The van der Waals surface area contributed by atoms with Gasteiger partial charge in [0.25, 0.3) is 0 Å². The van der Waals surface area contributed by atoms with Crippen molar-refractivity contribution >= 4 is 22.7 Å². The van der Waals surface area contributed by atoms with Crippen molar-refractivity contribution in [3.05, 3.63) is 190 Å². The highest BCUT2D eigenvalue weighted by Gasteiger charge is 2.47. The van der Waals surface area contributed by atoms with E-state index in [2.05, 4.69) is 190 Å². The summed E-state index contributed by atoms with van der Waals surface area (Å²) in [6, 6.07) is 41.0. The molecule has 2 aliphatic carbocycles. The summed E-state index contributed by atoms with van der Waals surface area (Å²) >= 11 is 0. The van der Waals surface area contributed by atoms with Gasteiger partial charge in [-0.2, -0.15) is 0 Å². The van der Waals surface area contributed by atoms with Crippen LogP contribution in [0.2, 0.25) is 0 Å². The first-order valence-corrected chi connectivity index (χ1v) is 21.8. The van der Waals surface area contributed by atoms with Crippen LogP contribution >= 0.6 is 0 Å². The molecule has 292 valence electrons. The molecule has 0 bridgehead atoms. The molecule has 0 spiro atoms. The highest BCUT2D eigenvalue weighted by Crippen LogP contribution is 2.58. The van der Waals surface area contributed by atoms with E-state index in [-0.39, 0.29) is 6.17 Å². The first-order chi connectivity index (χ1) is 28.8. The van der Waals surface area contributed by atoms with Crippen molar-refractivity contribution in [2.75, 3.05) is 4.90 Å². The molecule has 11 rings (SSSR count). The van der Waals surface area contributed by atoms with E-state index in [1.165, 1.54) is 95.2 Å². The minimum Gasteiger partial charge on any atom is -0.321 e. The molecule has 3 aliphatic heterocycles. The third kappa shape index (κ3) is 5.45. The van der Waals surface area contributed by atoms with Crippen molar-refractivity contribution < 1.29 is 0 Å². The second-order valence-electron chi connectivity index (χ2n) is 18.0. The Hall–Kier alpha value is -6.13. The van der Waals surface area contributed by atoms with E-state index in [0.29, 0.717) is 23.7 Å². The van der Waals surface area contributed by atoms with Gasteiger partial charge in [0.05, 0.1) is 22.8 Å². The van der Waals surface area contributed by atoms with Crippen LogP contribution in [0.5, 0.6) is 0 Å². The molecule has 3 unspecified atom stereocenters. The van der Waals surface area contributed by atoms with Gasteiger partial charge in [-0.05, 0) is 77.3 Å². The van der Waals surface area contributed by atoms with E-state index in [1.54, 1.807) is 0 Å². The maximum absolute atomic E-state index is 5.05. The first kappa shape index (κ1) is 36.0. The van der Waals surface area contributed by atoms with Crippen molar-refractivity contribution in [2.45, 2.75) is 84.7 Å². The Bertz CT molecular complexity index is 2800. The van der Waals surface area contributed by atoms with Gasteiger partial charge in [-0.3, -0.25) is 4.57 Å². The lowest BCUT2D eigenvalue weighted by molar-refractivity contribution is 0.381. The Morgan fingerprint density at radius 3 is 1.97 bits per heavy atom. The van der Waals surface area contributed by atoms with Gasteiger partial charge in [0.2, 0.25) is 0 Å². The first-order valence-electron chi connectivity index (χ1n) is 21.8. The second-order valence-corrected chi connectivity index (χ2v) is 18.0. The Morgan fingerprint density at radius 2 is 1.24 bits per heavy atom. The third-order valence-corrected chi connectivity index (χ3v) is 13.6. The number of imidazole rings is 1. The molecule has 59 heavy (non-hydrogen) atoms. The minimum atomic E-state index is 0.140. The Labute approximate surface area is 349 Å². The number of aromatic nitrogens is 2. The maximum Gasteiger partial charge on any atom is 0.144 e. The fraction of sp³-hybridized carbons (Fsp3) is 0.255. The zero-order valence-corrected chi connectivity index (χ0v) is 35.1. The maximum atomic E-state index is 5.05. The van der Waals surface area contributed by atoms with Crippen molar-refractivity contribution in [3.8, 4) is 28.2 Å². The molecule has 1 aromatic heterocycles. The summed E-state index contributed by atoms with van der Waals surface area (Å²) in [6.07, 6.45) is 14.6. The summed E-state index contributed by atoms with van der Waals surface area (Å²) in [7, 11) is 0. The Morgan fingerprint density at radius 1 is 0.627 bits per heavy atom. The average molecular weight is 769 g/mol. The van der Waals surface area contributed by atoms with E-state index in [1.807, 2.05) is 6.20 Å². The third-order valence-electron chi connectivity index (χ3n) is 13.6. The topological polar surface area (TPSA) is 24.3 Å². The molecular weight excluding hydrogens is 717 g/mol. The van der Waals surface area contributed by atoms with Gasteiger partial charge >= 0.3 is 0 Å². The van der Waals surface area contributed by atoms with E-state index in [9.17, 15) is 0 Å². The van der Waals surface area contributed by atoms with Crippen molar-refractivity contribution in [2.24, 2.45) is 5.92 Å². The lowest BCUT2D eigenvalue weighted by Crippen LogP contribution is -2.40. The highest BCUT2D eigenvalue weighted by molar-refractivity contribution is 6.12. The zero-order chi connectivity index (χ0) is 40.1. The van der Waals surface area contributed by atoms with E-state index in [0.717, 1.165) is 25.1 Å². The van der Waals surface area contributed by atoms with Gasteiger partial charge < -0.3 is 9.80 Å². The van der Waals surface area contributed by atoms with Crippen molar-refractivity contribution in [1.82, 2.24) is 14.5 Å². The summed E-state index contributed by atoms with van der Waals surface area (Å²) < 4.78 is 2.36. The molecule has 0 saturated heterocycles. The summed E-state index contributed by atoms with van der Waals surface area (Å²) in [5, 5.41) is 0. The molecule has 5 aliphatic rings. The van der Waals surface area contributed by atoms with Crippen LogP contribution in [-0.2, 0) is 6.42 Å². The predicted molar refractivity (Wildman–Crippen MR) is 245 cm³/mol. The van der Waals surface area contributed by atoms with Crippen molar-refractivity contribution in [3.63, 3.8) is 0 Å². The SMILES string of the molecule is CC1C=CC2=C(C1)N1C(=C3c4ccccc4-c4cccc(CC5=CC(c6ccccc6-c6nccn6-c6c(C(C)C)cccc6C(C)C)C5)c4N3C1C)c1ccccc12. The van der Waals surface area contributed by atoms with Crippen LogP contribution in [-0.4, -0.2) is 20.6 Å². The van der Waals surface area contributed by atoms with E-state index < -0.39 is 0 Å². The molecule has 0 saturated carbocycles. The van der Waals surface area contributed by atoms with Crippen molar-refractivity contribution in [1.29, 1.82) is 0 Å². The van der Waals surface area contributed by atoms with Crippen LogP contribution < -0.4 is 4.90 Å². The van der Waals surface area contributed by atoms with Gasteiger partial charge in [0.1, 0.15) is 12.0 Å². The fourth-order valence-electron chi connectivity index (χ4n) is 10.9. The number of hydrogen-bond donors (Lipinski definition) is 0. The van der Waals surface area contributed by atoms with Crippen LogP contribution in [0.4, 0.5) is 5.69 Å². The van der Waals surface area contributed by atoms with Gasteiger partial charge in [0, 0.05) is 51.8 Å². The normalized spacial score (nSPS) is 19.9. The minimum absolute atomic E-state index is 0.140. The van der Waals surface area contributed by atoms with E-state index in [4.69, 9.17) is 4.98 Å². The Balaban J connectivity index is 0.983. The number of allylic oxidation sites excluding steroid dienone is 6. The summed E-state index contributed by atoms with van der Waals surface area (Å²) in [5.74, 6) is 2.67.